The molecule has 9 heteroatoms. The molecule has 1 aliphatic heterocycles. The normalized spacial score (nSPS) is 19.2. The molecule has 1 aliphatic rings. The molecule has 7 nitrogen and oxygen atoms in total. The summed E-state index contributed by atoms with van der Waals surface area (Å²) >= 11 is 1.56. The highest BCUT2D eigenvalue weighted by atomic mass is 32.2. The van der Waals surface area contributed by atoms with Crippen LogP contribution in [-0.2, 0) is 21.1 Å². The van der Waals surface area contributed by atoms with Crippen molar-refractivity contribution in [1.82, 2.24) is 14.8 Å². The number of sulfone groups is 1. The number of rotatable bonds is 5. The third kappa shape index (κ3) is 3.92. The summed E-state index contributed by atoms with van der Waals surface area (Å²) in [6.07, 6.45) is 1.61. The van der Waals surface area contributed by atoms with Gasteiger partial charge < -0.3 is 5.32 Å². The lowest BCUT2D eigenvalue weighted by Gasteiger charge is -2.11. The molecule has 1 N–H and O–H groups in total. The number of aromatic nitrogens is 3. The van der Waals surface area contributed by atoms with E-state index >= 15 is 0 Å². The zero-order chi connectivity index (χ0) is 18.2. The molecular weight excluding hydrogens is 360 g/mol. The zero-order valence-electron chi connectivity index (χ0n) is 14.6. The fourth-order valence-electron chi connectivity index (χ4n) is 3.16. The average molecular weight is 383 g/mol. The van der Waals surface area contributed by atoms with Gasteiger partial charge in [0.15, 0.2) is 9.84 Å². The Hall–Kier alpha value is -1.74. The Morgan fingerprint density at radius 3 is 2.72 bits per heavy atom. The first-order valence-electron chi connectivity index (χ1n) is 8.22. The van der Waals surface area contributed by atoms with E-state index in [2.05, 4.69) is 15.4 Å². The molecule has 1 amide bonds. The molecule has 0 radical (unpaired) electrons. The molecule has 3 rings (SSSR count). The van der Waals surface area contributed by atoms with Gasteiger partial charge in [0.1, 0.15) is 0 Å². The summed E-state index contributed by atoms with van der Waals surface area (Å²) in [4.78, 5) is 17.6. The second kappa shape index (κ2) is 6.87. The van der Waals surface area contributed by atoms with Crippen LogP contribution in [0.15, 0.2) is 5.51 Å². The van der Waals surface area contributed by atoms with Crippen molar-refractivity contribution in [1.29, 1.82) is 0 Å². The van der Waals surface area contributed by atoms with Gasteiger partial charge in [-0.2, -0.15) is 5.10 Å². The van der Waals surface area contributed by atoms with Crippen LogP contribution in [0.1, 0.15) is 40.8 Å². The van der Waals surface area contributed by atoms with Crippen LogP contribution in [0.2, 0.25) is 0 Å². The Bertz CT molecular complexity index is 899. The third-order valence-corrected chi connectivity index (χ3v) is 7.31. The van der Waals surface area contributed by atoms with Crippen LogP contribution >= 0.6 is 11.3 Å². The van der Waals surface area contributed by atoms with Crippen molar-refractivity contribution in [2.75, 3.05) is 16.8 Å². The summed E-state index contributed by atoms with van der Waals surface area (Å²) in [5.41, 5.74) is 4.97. The number of carbonyl (C=O) groups excluding carboxylic acids is 1. The molecule has 3 heterocycles. The maximum Gasteiger partial charge on any atom is 0.224 e. The lowest BCUT2D eigenvalue weighted by atomic mass is 10.2. The highest BCUT2D eigenvalue weighted by molar-refractivity contribution is 7.91. The van der Waals surface area contributed by atoms with Crippen LogP contribution in [-0.4, -0.2) is 40.6 Å². The zero-order valence-corrected chi connectivity index (χ0v) is 16.2. The standard InChI is InChI=1S/C16H22N4O3S2/c1-10-14(24-9-17-10)4-5-15(21)18-16-11(2)19-20(12(16)3)13-6-7-25(22,23)8-13/h9,13H,4-8H2,1-3H3,(H,18,21). The fraction of sp³-hybridized carbons (Fsp3) is 0.562. The van der Waals surface area contributed by atoms with Gasteiger partial charge in [-0.1, -0.05) is 0 Å². The van der Waals surface area contributed by atoms with Crippen LogP contribution < -0.4 is 5.32 Å². The number of anilines is 1. The second-order valence-corrected chi connectivity index (χ2v) is 9.62. The van der Waals surface area contributed by atoms with Crippen LogP contribution in [0, 0.1) is 20.8 Å². The minimum Gasteiger partial charge on any atom is -0.323 e. The number of hydrogen-bond donors (Lipinski definition) is 1. The molecule has 2 aromatic rings. The Balaban J connectivity index is 1.68. The summed E-state index contributed by atoms with van der Waals surface area (Å²) in [6.45, 7) is 5.64. The van der Waals surface area contributed by atoms with Crippen molar-refractivity contribution in [2.24, 2.45) is 0 Å². The van der Waals surface area contributed by atoms with E-state index in [1.807, 2.05) is 20.8 Å². The lowest BCUT2D eigenvalue weighted by molar-refractivity contribution is -0.116. The molecule has 1 saturated heterocycles. The van der Waals surface area contributed by atoms with Gasteiger partial charge in [-0.25, -0.2) is 13.4 Å². The molecular formula is C16H22N4O3S2. The van der Waals surface area contributed by atoms with E-state index in [1.165, 1.54) is 0 Å². The van der Waals surface area contributed by atoms with E-state index in [0.29, 0.717) is 30.6 Å². The van der Waals surface area contributed by atoms with Gasteiger partial charge in [0.2, 0.25) is 5.91 Å². The lowest BCUT2D eigenvalue weighted by Crippen LogP contribution is -2.15. The van der Waals surface area contributed by atoms with Crippen molar-refractivity contribution >= 4 is 32.8 Å². The van der Waals surface area contributed by atoms with E-state index in [0.717, 1.165) is 16.3 Å². The molecule has 0 spiro atoms. The Morgan fingerprint density at radius 2 is 2.12 bits per heavy atom. The van der Waals surface area contributed by atoms with E-state index < -0.39 is 9.84 Å². The predicted molar refractivity (Wildman–Crippen MR) is 97.8 cm³/mol. The number of amides is 1. The van der Waals surface area contributed by atoms with Crippen molar-refractivity contribution < 1.29 is 13.2 Å². The molecule has 0 aliphatic carbocycles. The Morgan fingerprint density at radius 1 is 1.36 bits per heavy atom. The summed E-state index contributed by atoms with van der Waals surface area (Å²) in [6, 6.07) is -0.144. The number of nitrogens with zero attached hydrogens (tertiary/aromatic N) is 3. The van der Waals surface area contributed by atoms with E-state index in [1.54, 1.807) is 21.5 Å². The first-order chi connectivity index (χ1) is 11.8. The van der Waals surface area contributed by atoms with E-state index in [-0.39, 0.29) is 23.5 Å². The van der Waals surface area contributed by atoms with E-state index in [4.69, 9.17) is 0 Å². The number of aryl methyl sites for hydroxylation is 3. The summed E-state index contributed by atoms with van der Waals surface area (Å²) in [5.74, 6) is 0.247. The van der Waals surface area contributed by atoms with Gasteiger partial charge in [0.05, 0.1) is 45.8 Å². The minimum atomic E-state index is -2.98. The SMILES string of the molecule is Cc1ncsc1CCC(=O)Nc1c(C)nn(C2CCS(=O)(=O)C2)c1C. The first kappa shape index (κ1) is 18.1. The number of thiazole rings is 1. The van der Waals surface area contributed by atoms with E-state index in [9.17, 15) is 13.2 Å². The maximum atomic E-state index is 12.3. The van der Waals surface area contributed by atoms with Gasteiger partial charge in [-0.3, -0.25) is 9.48 Å². The number of hydrogen-bond acceptors (Lipinski definition) is 6. The molecule has 2 aromatic heterocycles. The predicted octanol–water partition coefficient (Wildman–Crippen LogP) is 2.20. The van der Waals surface area contributed by atoms with Gasteiger partial charge >= 0.3 is 0 Å². The van der Waals surface area contributed by atoms with Crippen molar-refractivity contribution in [2.45, 2.75) is 46.1 Å². The van der Waals surface area contributed by atoms with Crippen LogP contribution in [0.25, 0.3) is 0 Å². The van der Waals surface area contributed by atoms with Crippen molar-refractivity contribution in [3.05, 3.63) is 27.5 Å². The number of carbonyl (C=O) groups is 1. The van der Waals surface area contributed by atoms with Crippen LogP contribution in [0.3, 0.4) is 0 Å². The Labute approximate surface area is 151 Å². The summed E-state index contributed by atoms with van der Waals surface area (Å²) in [7, 11) is -2.98. The summed E-state index contributed by atoms with van der Waals surface area (Å²) < 4.78 is 25.2. The van der Waals surface area contributed by atoms with Gasteiger partial charge in [0.25, 0.3) is 0 Å². The second-order valence-electron chi connectivity index (χ2n) is 6.46. The van der Waals surface area contributed by atoms with Crippen LogP contribution in [0.5, 0.6) is 0 Å². The smallest absolute Gasteiger partial charge is 0.224 e. The Kier molecular flexibility index (Phi) is 4.97. The molecule has 0 bridgehead atoms. The van der Waals surface area contributed by atoms with Crippen molar-refractivity contribution in [3.63, 3.8) is 0 Å². The average Bonchev–Trinajstić information content (AvgIpc) is 3.19. The first-order valence-corrected chi connectivity index (χ1v) is 10.9. The third-order valence-electron chi connectivity index (χ3n) is 4.57. The molecule has 1 fully saturated rings. The topological polar surface area (TPSA) is 93.9 Å². The van der Waals surface area contributed by atoms with Gasteiger partial charge in [-0.05, 0) is 33.6 Å². The largest absolute Gasteiger partial charge is 0.323 e. The summed E-state index contributed by atoms with van der Waals surface area (Å²) in [5, 5.41) is 7.40. The molecule has 1 atom stereocenters. The number of nitrogens with one attached hydrogen (secondary N) is 1. The monoisotopic (exact) mass is 382 g/mol. The van der Waals surface area contributed by atoms with Gasteiger partial charge in [0, 0.05) is 11.3 Å². The molecule has 0 saturated carbocycles. The molecule has 25 heavy (non-hydrogen) atoms. The van der Waals surface area contributed by atoms with Gasteiger partial charge in [-0.15, -0.1) is 11.3 Å². The highest BCUT2D eigenvalue weighted by Gasteiger charge is 2.31. The highest BCUT2D eigenvalue weighted by Crippen LogP contribution is 2.29. The molecule has 1 unspecified atom stereocenters. The van der Waals surface area contributed by atoms with Crippen molar-refractivity contribution in [3.8, 4) is 0 Å². The molecule has 0 aromatic carbocycles. The minimum absolute atomic E-state index is 0.0717. The van der Waals surface area contributed by atoms with Crippen LogP contribution in [0.4, 0.5) is 5.69 Å². The molecule has 136 valence electrons. The fourth-order valence-corrected chi connectivity index (χ4v) is 5.64. The maximum absolute atomic E-state index is 12.3. The quantitative estimate of drug-likeness (QED) is 0.855.